The molecule has 110 valence electrons. The van der Waals surface area contributed by atoms with Gasteiger partial charge in [0.2, 0.25) is 5.79 Å². The summed E-state index contributed by atoms with van der Waals surface area (Å²) in [5.41, 5.74) is 0.393. The number of carbonyl (C=O) groups excluding carboxylic acids is 1. The van der Waals surface area contributed by atoms with Gasteiger partial charge in [0.1, 0.15) is 17.6 Å². The minimum atomic E-state index is -0.813. The first-order valence-electron chi connectivity index (χ1n) is 6.62. The van der Waals surface area contributed by atoms with Gasteiger partial charge in [0.15, 0.2) is 6.29 Å². The fraction of sp³-hybridized carbons (Fsp3) is 0.533. The standard InChI is InChI=1S/C15H20O5/c1-15(2,17-3)20-14-6-4-5-13(12(14)9-16)19-11-7-8-18-10-11/h4-6,9,11H,7-8,10H2,1-3H3. The third-order valence-electron chi connectivity index (χ3n) is 3.17. The monoisotopic (exact) mass is 280 g/mol. The highest BCUT2D eigenvalue weighted by Gasteiger charge is 2.23. The molecule has 1 fully saturated rings. The Morgan fingerprint density at radius 2 is 2.10 bits per heavy atom. The van der Waals surface area contributed by atoms with Crippen LogP contribution in [0.25, 0.3) is 0 Å². The number of methoxy groups -OCH3 is 1. The summed E-state index contributed by atoms with van der Waals surface area (Å²) in [6, 6.07) is 5.27. The van der Waals surface area contributed by atoms with Gasteiger partial charge in [-0.3, -0.25) is 4.79 Å². The second kappa shape index (κ2) is 6.24. The van der Waals surface area contributed by atoms with Crippen LogP contribution in [0, 0.1) is 0 Å². The van der Waals surface area contributed by atoms with Crippen molar-refractivity contribution in [3.8, 4) is 11.5 Å². The van der Waals surface area contributed by atoms with E-state index in [1.807, 2.05) is 0 Å². The lowest BCUT2D eigenvalue weighted by Gasteiger charge is -2.26. The lowest BCUT2D eigenvalue weighted by molar-refractivity contribution is -0.134. The van der Waals surface area contributed by atoms with Gasteiger partial charge in [0.25, 0.3) is 0 Å². The smallest absolute Gasteiger partial charge is 0.204 e. The van der Waals surface area contributed by atoms with E-state index in [0.717, 1.165) is 12.7 Å². The maximum absolute atomic E-state index is 11.4. The van der Waals surface area contributed by atoms with Crippen molar-refractivity contribution >= 4 is 6.29 Å². The predicted molar refractivity (Wildman–Crippen MR) is 73.4 cm³/mol. The van der Waals surface area contributed by atoms with Crippen LogP contribution in [0.2, 0.25) is 0 Å². The highest BCUT2D eigenvalue weighted by Crippen LogP contribution is 2.31. The minimum absolute atomic E-state index is 0.0145. The molecule has 5 nitrogen and oxygen atoms in total. The molecular weight excluding hydrogens is 260 g/mol. The molecule has 1 aromatic carbocycles. The Morgan fingerprint density at radius 3 is 2.70 bits per heavy atom. The van der Waals surface area contributed by atoms with Gasteiger partial charge >= 0.3 is 0 Å². The van der Waals surface area contributed by atoms with Crippen LogP contribution < -0.4 is 9.47 Å². The number of aldehydes is 1. The van der Waals surface area contributed by atoms with E-state index >= 15 is 0 Å². The third kappa shape index (κ3) is 3.49. The topological polar surface area (TPSA) is 54.0 Å². The third-order valence-corrected chi connectivity index (χ3v) is 3.17. The summed E-state index contributed by atoms with van der Waals surface area (Å²) < 4.78 is 22.0. The van der Waals surface area contributed by atoms with Gasteiger partial charge in [-0.15, -0.1) is 0 Å². The van der Waals surface area contributed by atoms with Crippen LogP contribution in [0.3, 0.4) is 0 Å². The van der Waals surface area contributed by atoms with Crippen molar-refractivity contribution in [2.24, 2.45) is 0 Å². The molecule has 1 saturated heterocycles. The fourth-order valence-corrected chi connectivity index (χ4v) is 1.92. The Kier molecular flexibility index (Phi) is 4.62. The molecule has 0 spiro atoms. The van der Waals surface area contributed by atoms with Gasteiger partial charge in [-0.1, -0.05) is 6.07 Å². The predicted octanol–water partition coefficient (Wildman–Crippen LogP) is 2.43. The van der Waals surface area contributed by atoms with Crippen molar-refractivity contribution in [3.63, 3.8) is 0 Å². The van der Waals surface area contributed by atoms with Crippen molar-refractivity contribution < 1.29 is 23.7 Å². The van der Waals surface area contributed by atoms with Gasteiger partial charge in [0, 0.05) is 27.4 Å². The van der Waals surface area contributed by atoms with Gasteiger partial charge in [-0.2, -0.15) is 0 Å². The Hall–Kier alpha value is -1.59. The zero-order chi connectivity index (χ0) is 14.6. The summed E-state index contributed by atoms with van der Waals surface area (Å²) in [5, 5.41) is 0. The molecule has 1 heterocycles. The first kappa shape index (κ1) is 14.8. The van der Waals surface area contributed by atoms with Gasteiger partial charge in [0.05, 0.1) is 18.8 Å². The second-order valence-corrected chi connectivity index (χ2v) is 5.10. The number of carbonyl (C=O) groups is 1. The van der Waals surface area contributed by atoms with Crippen LogP contribution in [0.4, 0.5) is 0 Å². The van der Waals surface area contributed by atoms with E-state index in [2.05, 4.69) is 0 Å². The van der Waals surface area contributed by atoms with Crippen molar-refractivity contribution in [3.05, 3.63) is 23.8 Å². The average molecular weight is 280 g/mol. The van der Waals surface area contributed by atoms with Crippen LogP contribution in [-0.4, -0.2) is 38.5 Å². The lowest BCUT2D eigenvalue weighted by Crippen LogP contribution is -2.30. The highest BCUT2D eigenvalue weighted by molar-refractivity contribution is 5.83. The van der Waals surface area contributed by atoms with E-state index < -0.39 is 5.79 Å². The zero-order valence-electron chi connectivity index (χ0n) is 12.0. The summed E-state index contributed by atoms with van der Waals surface area (Å²) in [6.07, 6.45) is 1.55. The molecule has 0 amide bonds. The minimum Gasteiger partial charge on any atom is -0.487 e. The van der Waals surface area contributed by atoms with Crippen LogP contribution in [0.1, 0.15) is 30.6 Å². The Labute approximate surface area is 118 Å². The average Bonchev–Trinajstić information content (AvgIpc) is 2.92. The molecule has 5 heteroatoms. The van der Waals surface area contributed by atoms with E-state index in [1.54, 1.807) is 39.2 Å². The van der Waals surface area contributed by atoms with Crippen LogP contribution in [0.5, 0.6) is 11.5 Å². The summed E-state index contributed by atoms with van der Waals surface area (Å²) in [7, 11) is 1.55. The molecule has 0 aliphatic carbocycles. The molecule has 0 radical (unpaired) electrons. The number of ether oxygens (including phenoxy) is 4. The zero-order valence-corrected chi connectivity index (χ0v) is 12.0. The lowest BCUT2D eigenvalue weighted by atomic mass is 10.2. The maximum Gasteiger partial charge on any atom is 0.204 e. The number of hydrogen-bond donors (Lipinski definition) is 0. The largest absolute Gasteiger partial charge is 0.487 e. The fourth-order valence-electron chi connectivity index (χ4n) is 1.92. The van der Waals surface area contributed by atoms with Crippen molar-refractivity contribution in [1.29, 1.82) is 0 Å². The van der Waals surface area contributed by atoms with E-state index in [1.165, 1.54) is 0 Å². The van der Waals surface area contributed by atoms with Crippen LogP contribution >= 0.6 is 0 Å². The maximum atomic E-state index is 11.4. The summed E-state index contributed by atoms with van der Waals surface area (Å²) in [4.78, 5) is 11.4. The molecule has 1 unspecified atom stereocenters. The van der Waals surface area contributed by atoms with E-state index in [4.69, 9.17) is 18.9 Å². The molecule has 20 heavy (non-hydrogen) atoms. The highest BCUT2D eigenvalue weighted by atomic mass is 16.7. The first-order valence-corrected chi connectivity index (χ1v) is 6.62. The van der Waals surface area contributed by atoms with E-state index in [0.29, 0.717) is 30.3 Å². The quantitative estimate of drug-likeness (QED) is 0.591. The Balaban J connectivity index is 2.22. The molecule has 0 bridgehead atoms. The molecule has 2 rings (SSSR count). The first-order chi connectivity index (χ1) is 9.55. The summed E-state index contributed by atoms with van der Waals surface area (Å²) in [5.74, 6) is 0.149. The van der Waals surface area contributed by atoms with Crippen molar-refractivity contribution in [1.82, 2.24) is 0 Å². The Morgan fingerprint density at radius 1 is 1.35 bits per heavy atom. The molecule has 1 aliphatic heterocycles. The van der Waals surface area contributed by atoms with E-state index in [9.17, 15) is 4.79 Å². The van der Waals surface area contributed by atoms with E-state index in [-0.39, 0.29) is 6.10 Å². The molecule has 0 aromatic heterocycles. The van der Waals surface area contributed by atoms with Gasteiger partial charge in [-0.05, 0) is 12.1 Å². The number of hydrogen-bond acceptors (Lipinski definition) is 5. The van der Waals surface area contributed by atoms with Crippen molar-refractivity contribution in [2.75, 3.05) is 20.3 Å². The van der Waals surface area contributed by atoms with Gasteiger partial charge < -0.3 is 18.9 Å². The Bertz CT molecular complexity index is 463. The van der Waals surface area contributed by atoms with Crippen molar-refractivity contribution in [2.45, 2.75) is 32.2 Å². The molecule has 1 atom stereocenters. The molecule has 1 aromatic rings. The molecular formula is C15H20O5. The normalized spacial score (nSPS) is 18.9. The second-order valence-electron chi connectivity index (χ2n) is 5.10. The molecule has 1 aliphatic rings. The summed E-state index contributed by atoms with van der Waals surface area (Å²) in [6.45, 7) is 4.79. The van der Waals surface area contributed by atoms with Gasteiger partial charge in [-0.25, -0.2) is 0 Å². The number of benzene rings is 1. The summed E-state index contributed by atoms with van der Waals surface area (Å²) >= 11 is 0. The van der Waals surface area contributed by atoms with Crippen LogP contribution in [0.15, 0.2) is 18.2 Å². The molecule has 0 saturated carbocycles. The molecule has 0 N–H and O–H groups in total. The SMILES string of the molecule is COC(C)(C)Oc1cccc(OC2CCOC2)c1C=O. The van der Waals surface area contributed by atoms with Crippen LogP contribution in [-0.2, 0) is 9.47 Å². The number of rotatable bonds is 6.